The molecule has 4 nitrogen and oxygen atoms in total. The number of rotatable bonds is 5. The van der Waals surface area contributed by atoms with Crippen molar-refractivity contribution in [3.63, 3.8) is 0 Å². The van der Waals surface area contributed by atoms with Gasteiger partial charge in [-0.05, 0) is 77.1 Å². The molecule has 2 aromatic rings. The van der Waals surface area contributed by atoms with Crippen molar-refractivity contribution in [3.05, 3.63) is 57.7 Å². The lowest BCUT2D eigenvalue weighted by Gasteiger charge is -2.14. The number of carbonyl (C=O) groups excluding carboxylic acids is 1. The van der Waals surface area contributed by atoms with Gasteiger partial charge in [-0.15, -0.1) is 0 Å². The van der Waals surface area contributed by atoms with E-state index in [0.717, 1.165) is 9.26 Å². The molecular formula is C18H19IN2O2S. The van der Waals surface area contributed by atoms with Gasteiger partial charge in [0.25, 0.3) is 5.91 Å². The maximum atomic E-state index is 12.4. The summed E-state index contributed by atoms with van der Waals surface area (Å²) in [7, 11) is 0. The molecule has 0 unspecified atom stereocenters. The Morgan fingerprint density at radius 2 is 1.83 bits per heavy atom. The van der Waals surface area contributed by atoms with E-state index in [2.05, 4.69) is 47.1 Å². The predicted molar refractivity (Wildman–Crippen MR) is 110 cm³/mol. The summed E-state index contributed by atoms with van der Waals surface area (Å²) in [4.78, 5) is 12.4. The number of hydrogen-bond acceptors (Lipinski definition) is 3. The minimum atomic E-state index is -0.294. The zero-order valence-electron chi connectivity index (χ0n) is 13.5. The molecule has 0 saturated heterocycles. The van der Waals surface area contributed by atoms with Crippen molar-refractivity contribution < 1.29 is 9.53 Å². The summed E-state index contributed by atoms with van der Waals surface area (Å²) in [6.45, 7) is 4.67. The zero-order chi connectivity index (χ0) is 17.5. The van der Waals surface area contributed by atoms with Crippen LogP contribution in [0, 0.1) is 9.49 Å². The van der Waals surface area contributed by atoms with Crippen molar-refractivity contribution in [3.8, 4) is 5.75 Å². The van der Waals surface area contributed by atoms with Crippen LogP contribution in [0.15, 0.2) is 48.5 Å². The predicted octanol–water partition coefficient (Wildman–Crippen LogP) is 4.45. The summed E-state index contributed by atoms with van der Waals surface area (Å²) in [6.07, 6.45) is 0. The second-order valence-corrected chi connectivity index (χ2v) is 7.27. The number of para-hydroxylation sites is 1. The number of hydrogen-bond donors (Lipinski definition) is 2. The van der Waals surface area contributed by atoms with Crippen LogP contribution in [0.25, 0.3) is 0 Å². The highest BCUT2D eigenvalue weighted by molar-refractivity contribution is 14.1. The molecule has 0 aromatic heterocycles. The molecule has 2 aromatic carbocycles. The van der Waals surface area contributed by atoms with Crippen LogP contribution in [0.5, 0.6) is 5.75 Å². The molecule has 1 amide bonds. The van der Waals surface area contributed by atoms with Crippen LogP contribution in [-0.2, 0) is 0 Å². The molecule has 6 heteroatoms. The maximum absolute atomic E-state index is 12.4. The van der Waals surface area contributed by atoms with E-state index in [9.17, 15) is 4.79 Å². The summed E-state index contributed by atoms with van der Waals surface area (Å²) in [5, 5.41) is 5.93. The van der Waals surface area contributed by atoms with E-state index >= 15 is 0 Å². The van der Waals surface area contributed by atoms with Gasteiger partial charge in [-0.1, -0.05) is 26.0 Å². The third-order valence-electron chi connectivity index (χ3n) is 3.03. The summed E-state index contributed by atoms with van der Waals surface area (Å²) in [5.74, 6) is 0.642. The van der Waals surface area contributed by atoms with Gasteiger partial charge in [0.15, 0.2) is 5.11 Å². The Morgan fingerprint density at radius 3 is 2.50 bits per heavy atom. The Bertz CT molecular complexity index is 717. The van der Waals surface area contributed by atoms with Crippen LogP contribution in [0.1, 0.15) is 24.2 Å². The number of nitrogens with one attached hydrogen (secondary N) is 2. The minimum Gasteiger partial charge on any atom is -0.492 e. The molecule has 0 aliphatic carbocycles. The molecular weight excluding hydrogens is 435 g/mol. The normalized spacial score (nSPS) is 10.3. The molecule has 0 aliphatic heterocycles. The van der Waals surface area contributed by atoms with Gasteiger partial charge < -0.3 is 10.1 Å². The molecule has 0 bridgehead atoms. The number of benzene rings is 2. The van der Waals surface area contributed by atoms with Crippen molar-refractivity contribution in [1.29, 1.82) is 0 Å². The van der Waals surface area contributed by atoms with E-state index < -0.39 is 0 Å². The van der Waals surface area contributed by atoms with Gasteiger partial charge in [-0.3, -0.25) is 10.1 Å². The summed E-state index contributed by atoms with van der Waals surface area (Å²) in [6, 6.07) is 14.9. The molecule has 2 rings (SSSR count). The first-order valence-corrected chi connectivity index (χ1v) is 9.04. The molecule has 0 radical (unpaired) electrons. The van der Waals surface area contributed by atoms with E-state index in [1.54, 1.807) is 18.2 Å². The molecule has 0 atom stereocenters. The fourth-order valence-electron chi connectivity index (χ4n) is 1.90. The summed E-state index contributed by atoms with van der Waals surface area (Å²) in [5.41, 5.74) is 1.29. The van der Waals surface area contributed by atoms with Crippen molar-refractivity contribution in [1.82, 2.24) is 5.32 Å². The highest BCUT2D eigenvalue weighted by Gasteiger charge is 2.14. The van der Waals surface area contributed by atoms with Crippen molar-refractivity contribution >= 4 is 51.5 Å². The molecule has 0 fully saturated rings. The Balaban J connectivity index is 2.01. The summed E-state index contributed by atoms with van der Waals surface area (Å²) < 4.78 is 6.84. The van der Waals surface area contributed by atoms with E-state index in [0.29, 0.717) is 23.8 Å². The minimum absolute atomic E-state index is 0.250. The van der Waals surface area contributed by atoms with Gasteiger partial charge in [0, 0.05) is 9.26 Å². The number of halogens is 1. The molecule has 0 spiro atoms. The SMILES string of the molecule is CC(C)COc1ccccc1C(=O)NC(=S)Nc1ccc(I)cc1. The van der Waals surface area contributed by atoms with Gasteiger partial charge in [0.2, 0.25) is 0 Å². The lowest BCUT2D eigenvalue weighted by atomic mass is 10.2. The van der Waals surface area contributed by atoms with Crippen LogP contribution in [-0.4, -0.2) is 17.6 Å². The quantitative estimate of drug-likeness (QED) is 0.518. The largest absolute Gasteiger partial charge is 0.492 e. The fourth-order valence-corrected chi connectivity index (χ4v) is 2.47. The van der Waals surface area contributed by atoms with Gasteiger partial charge in [-0.2, -0.15) is 0 Å². The Hall–Kier alpha value is -1.67. The maximum Gasteiger partial charge on any atom is 0.261 e. The standard InChI is InChI=1S/C18H19IN2O2S/c1-12(2)11-23-16-6-4-3-5-15(16)17(22)21-18(24)20-14-9-7-13(19)8-10-14/h3-10,12H,11H2,1-2H3,(H2,20,21,22,24). The zero-order valence-corrected chi connectivity index (χ0v) is 16.5. The van der Waals surface area contributed by atoms with E-state index in [4.69, 9.17) is 17.0 Å². The Morgan fingerprint density at radius 1 is 1.17 bits per heavy atom. The highest BCUT2D eigenvalue weighted by atomic mass is 127. The first kappa shape index (κ1) is 18.7. The third-order valence-corrected chi connectivity index (χ3v) is 3.96. The average molecular weight is 454 g/mol. The lowest BCUT2D eigenvalue weighted by Crippen LogP contribution is -2.34. The average Bonchev–Trinajstić information content (AvgIpc) is 2.55. The topological polar surface area (TPSA) is 50.4 Å². The first-order valence-electron chi connectivity index (χ1n) is 7.55. The third kappa shape index (κ3) is 5.76. The molecule has 0 aliphatic rings. The fraction of sp³-hybridized carbons (Fsp3) is 0.222. The van der Waals surface area contributed by atoms with Crippen LogP contribution in [0.3, 0.4) is 0 Å². The number of thiocarbonyl (C=S) groups is 1. The van der Waals surface area contributed by atoms with Crippen molar-refractivity contribution in [2.45, 2.75) is 13.8 Å². The summed E-state index contributed by atoms with van der Waals surface area (Å²) >= 11 is 7.44. The molecule has 0 heterocycles. The molecule has 126 valence electrons. The number of amides is 1. The van der Waals surface area contributed by atoms with Gasteiger partial charge in [-0.25, -0.2) is 0 Å². The second-order valence-electron chi connectivity index (χ2n) is 5.62. The molecule has 2 N–H and O–H groups in total. The van der Waals surface area contributed by atoms with Crippen molar-refractivity contribution in [2.24, 2.45) is 5.92 Å². The van der Waals surface area contributed by atoms with E-state index in [-0.39, 0.29) is 11.0 Å². The Kier molecular flexibility index (Phi) is 6.99. The molecule has 24 heavy (non-hydrogen) atoms. The Labute approximate surface area is 161 Å². The molecule has 0 saturated carbocycles. The first-order chi connectivity index (χ1) is 11.5. The second kappa shape index (κ2) is 8.98. The van der Waals surface area contributed by atoms with Crippen LogP contribution in [0.4, 0.5) is 5.69 Å². The van der Waals surface area contributed by atoms with E-state index in [1.165, 1.54) is 0 Å². The van der Waals surface area contributed by atoms with Crippen LogP contribution in [0.2, 0.25) is 0 Å². The lowest BCUT2D eigenvalue weighted by molar-refractivity contribution is 0.0973. The van der Waals surface area contributed by atoms with Crippen molar-refractivity contribution in [2.75, 3.05) is 11.9 Å². The van der Waals surface area contributed by atoms with Gasteiger partial charge >= 0.3 is 0 Å². The highest BCUT2D eigenvalue weighted by Crippen LogP contribution is 2.19. The van der Waals surface area contributed by atoms with Crippen LogP contribution < -0.4 is 15.4 Å². The number of ether oxygens (including phenoxy) is 1. The number of anilines is 1. The van der Waals surface area contributed by atoms with Gasteiger partial charge in [0.05, 0.1) is 12.2 Å². The number of carbonyl (C=O) groups is 1. The monoisotopic (exact) mass is 454 g/mol. The van der Waals surface area contributed by atoms with Crippen LogP contribution >= 0.6 is 34.8 Å². The van der Waals surface area contributed by atoms with E-state index in [1.807, 2.05) is 30.3 Å². The smallest absolute Gasteiger partial charge is 0.261 e. The van der Waals surface area contributed by atoms with Gasteiger partial charge in [0.1, 0.15) is 5.75 Å².